The van der Waals surface area contributed by atoms with Gasteiger partial charge in [0.25, 0.3) is 0 Å². The molecule has 1 aromatic rings. The Balaban J connectivity index is 2.85. The van der Waals surface area contributed by atoms with Crippen molar-refractivity contribution in [3.05, 3.63) is 21.9 Å². The van der Waals surface area contributed by atoms with Crippen molar-refractivity contribution in [1.29, 1.82) is 0 Å². The Morgan fingerprint density at radius 3 is 2.56 bits per heavy atom. The van der Waals surface area contributed by atoms with Crippen molar-refractivity contribution in [3.8, 4) is 0 Å². The monoisotopic (exact) mass is 140 g/mol. The number of rotatable bonds is 2. The molecule has 0 amide bonds. The van der Waals surface area contributed by atoms with Gasteiger partial charge in [0.1, 0.15) is 0 Å². The summed E-state index contributed by atoms with van der Waals surface area (Å²) in [6, 6.07) is 2.23. The van der Waals surface area contributed by atoms with Crippen LogP contribution in [-0.4, -0.2) is 0 Å². The molecule has 1 aromatic heterocycles. The van der Waals surface area contributed by atoms with Crippen LogP contribution in [0.1, 0.15) is 24.3 Å². The first kappa shape index (κ1) is 6.81. The standard InChI is InChI=1S/C8H12S/c1-3-7-5-6-9-8(7)4-2/h5-6H,3-4H2,1-2H3. The van der Waals surface area contributed by atoms with Crippen molar-refractivity contribution in [3.63, 3.8) is 0 Å². The molecule has 1 heteroatoms. The highest BCUT2D eigenvalue weighted by Gasteiger charge is 1.96. The van der Waals surface area contributed by atoms with Gasteiger partial charge in [0, 0.05) is 4.88 Å². The number of aryl methyl sites for hydroxylation is 2. The summed E-state index contributed by atoms with van der Waals surface area (Å²) >= 11 is 1.87. The molecule has 9 heavy (non-hydrogen) atoms. The molecular weight excluding hydrogens is 128 g/mol. The lowest BCUT2D eigenvalue weighted by Crippen LogP contribution is -1.80. The third-order valence-electron chi connectivity index (χ3n) is 1.54. The van der Waals surface area contributed by atoms with Crippen LogP contribution in [0.5, 0.6) is 0 Å². The lowest BCUT2D eigenvalue weighted by Gasteiger charge is -1.93. The van der Waals surface area contributed by atoms with E-state index in [2.05, 4.69) is 25.3 Å². The molecule has 50 valence electrons. The molecule has 0 aliphatic rings. The van der Waals surface area contributed by atoms with Crippen LogP contribution in [0, 0.1) is 0 Å². The van der Waals surface area contributed by atoms with Gasteiger partial charge in [0.15, 0.2) is 0 Å². The summed E-state index contributed by atoms with van der Waals surface area (Å²) < 4.78 is 0. The van der Waals surface area contributed by atoms with Gasteiger partial charge >= 0.3 is 0 Å². The van der Waals surface area contributed by atoms with Gasteiger partial charge in [0.05, 0.1) is 0 Å². The van der Waals surface area contributed by atoms with Gasteiger partial charge in [-0.3, -0.25) is 0 Å². The van der Waals surface area contributed by atoms with Gasteiger partial charge < -0.3 is 0 Å². The summed E-state index contributed by atoms with van der Waals surface area (Å²) in [6.45, 7) is 4.42. The second-order valence-corrected chi connectivity index (χ2v) is 3.08. The third-order valence-corrected chi connectivity index (χ3v) is 2.65. The summed E-state index contributed by atoms with van der Waals surface area (Å²) in [7, 11) is 0. The lowest BCUT2D eigenvalue weighted by molar-refractivity contribution is 1.07. The molecule has 0 fully saturated rings. The largest absolute Gasteiger partial charge is 0.149 e. The van der Waals surface area contributed by atoms with Crippen molar-refractivity contribution in [2.24, 2.45) is 0 Å². The Labute approximate surface area is 60.5 Å². The first-order chi connectivity index (χ1) is 4.38. The van der Waals surface area contributed by atoms with E-state index < -0.39 is 0 Å². The Kier molecular flexibility index (Phi) is 2.29. The maximum Gasteiger partial charge on any atom is 0.00743 e. The van der Waals surface area contributed by atoms with E-state index in [-0.39, 0.29) is 0 Å². The highest BCUT2D eigenvalue weighted by atomic mass is 32.1. The molecule has 0 saturated carbocycles. The van der Waals surface area contributed by atoms with Crippen LogP contribution in [0.25, 0.3) is 0 Å². The minimum absolute atomic E-state index is 1.19. The van der Waals surface area contributed by atoms with Crippen molar-refractivity contribution in [2.75, 3.05) is 0 Å². The second kappa shape index (κ2) is 3.02. The zero-order chi connectivity index (χ0) is 6.69. The normalized spacial score (nSPS) is 10.0. The molecule has 1 rings (SSSR count). The molecule has 0 N–H and O–H groups in total. The van der Waals surface area contributed by atoms with E-state index in [0.717, 1.165) is 0 Å². The molecule has 0 spiro atoms. The zero-order valence-electron chi connectivity index (χ0n) is 5.98. The van der Waals surface area contributed by atoms with Crippen LogP contribution < -0.4 is 0 Å². The molecule has 0 aliphatic heterocycles. The van der Waals surface area contributed by atoms with E-state index in [9.17, 15) is 0 Å². The van der Waals surface area contributed by atoms with E-state index in [0.29, 0.717) is 0 Å². The smallest absolute Gasteiger partial charge is 0.00743 e. The van der Waals surface area contributed by atoms with Gasteiger partial charge in [-0.15, -0.1) is 11.3 Å². The first-order valence-electron chi connectivity index (χ1n) is 3.43. The van der Waals surface area contributed by atoms with Gasteiger partial charge in [-0.25, -0.2) is 0 Å². The van der Waals surface area contributed by atoms with Gasteiger partial charge in [0.2, 0.25) is 0 Å². The summed E-state index contributed by atoms with van der Waals surface area (Å²) in [5.41, 5.74) is 1.53. The number of hydrogen-bond donors (Lipinski definition) is 0. The maximum atomic E-state index is 2.23. The molecule has 0 aromatic carbocycles. The van der Waals surface area contributed by atoms with Crippen molar-refractivity contribution >= 4 is 11.3 Å². The van der Waals surface area contributed by atoms with Crippen molar-refractivity contribution in [2.45, 2.75) is 26.7 Å². The van der Waals surface area contributed by atoms with Gasteiger partial charge in [-0.1, -0.05) is 13.8 Å². The predicted molar refractivity (Wildman–Crippen MR) is 43.1 cm³/mol. The number of hydrogen-bond acceptors (Lipinski definition) is 1. The Bertz CT molecular complexity index is 158. The van der Waals surface area contributed by atoms with Gasteiger partial charge in [-0.2, -0.15) is 0 Å². The number of thiophene rings is 1. The van der Waals surface area contributed by atoms with Crippen LogP contribution in [0.3, 0.4) is 0 Å². The summed E-state index contributed by atoms with van der Waals surface area (Å²) in [5.74, 6) is 0. The minimum Gasteiger partial charge on any atom is -0.149 e. The molecule has 0 unspecified atom stereocenters. The predicted octanol–water partition coefficient (Wildman–Crippen LogP) is 2.87. The van der Waals surface area contributed by atoms with Crippen LogP contribution in [0.4, 0.5) is 0 Å². The molecule has 1 heterocycles. The molecule has 0 bridgehead atoms. The molecule has 0 nitrogen and oxygen atoms in total. The van der Waals surface area contributed by atoms with E-state index >= 15 is 0 Å². The van der Waals surface area contributed by atoms with Crippen molar-refractivity contribution in [1.82, 2.24) is 0 Å². The molecule has 0 saturated heterocycles. The fourth-order valence-corrected chi connectivity index (χ4v) is 1.92. The van der Waals surface area contributed by atoms with Crippen LogP contribution in [-0.2, 0) is 12.8 Å². The summed E-state index contributed by atoms with van der Waals surface area (Å²) in [4.78, 5) is 1.55. The average molecular weight is 140 g/mol. The Hall–Kier alpha value is -0.300. The average Bonchev–Trinajstić information content (AvgIpc) is 2.33. The highest BCUT2D eigenvalue weighted by Crippen LogP contribution is 2.16. The van der Waals surface area contributed by atoms with Crippen LogP contribution in [0.15, 0.2) is 11.4 Å². The molecular formula is C8H12S. The topological polar surface area (TPSA) is 0 Å². The van der Waals surface area contributed by atoms with E-state index in [1.807, 2.05) is 11.3 Å². The fraction of sp³-hybridized carbons (Fsp3) is 0.500. The zero-order valence-corrected chi connectivity index (χ0v) is 6.79. The van der Waals surface area contributed by atoms with E-state index in [4.69, 9.17) is 0 Å². The Morgan fingerprint density at radius 1 is 1.33 bits per heavy atom. The Morgan fingerprint density at radius 2 is 2.11 bits per heavy atom. The van der Waals surface area contributed by atoms with Gasteiger partial charge in [-0.05, 0) is 29.9 Å². The second-order valence-electron chi connectivity index (χ2n) is 2.08. The fourth-order valence-electron chi connectivity index (χ4n) is 0.992. The van der Waals surface area contributed by atoms with Crippen LogP contribution >= 0.6 is 11.3 Å². The summed E-state index contributed by atoms with van der Waals surface area (Å²) in [6.07, 6.45) is 2.38. The van der Waals surface area contributed by atoms with Crippen LogP contribution in [0.2, 0.25) is 0 Å². The quantitative estimate of drug-likeness (QED) is 0.592. The maximum absolute atomic E-state index is 2.23. The van der Waals surface area contributed by atoms with E-state index in [1.165, 1.54) is 18.4 Å². The summed E-state index contributed by atoms with van der Waals surface area (Å²) in [5, 5.41) is 2.18. The van der Waals surface area contributed by atoms with E-state index in [1.54, 1.807) is 4.88 Å². The minimum atomic E-state index is 1.19. The molecule has 0 atom stereocenters. The lowest BCUT2D eigenvalue weighted by atomic mass is 10.2. The van der Waals surface area contributed by atoms with Crippen molar-refractivity contribution < 1.29 is 0 Å². The first-order valence-corrected chi connectivity index (χ1v) is 4.31. The third kappa shape index (κ3) is 1.33. The highest BCUT2D eigenvalue weighted by molar-refractivity contribution is 7.10. The SMILES string of the molecule is CCc1ccsc1CC. The molecule has 0 aliphatic carbocycles. The molecule has 0 radical (unpaired) electrons.